The number of piperidine rings is 1. The molecule has 0 radical (unpaired) electrons. The van der Waals surface area contributed by atoms with Crippen LogP contribution in [0.3, 0.4) is 0 Å². The highest BCUT2D eigenvalue weighted by Gasteiger charge is 2.36. The average Bonchev–Trinajstić information content (AvgIpc) is 3.35. The van der Waals surface area contributed by atoms with E-state index in [0.717, 1.165) is 10.6 Å². The smallest absolute Gasteiger partial charge is 0.348 e. The topological polar surface area (TPSA) is 66.3 Å². The molecule has 6 nitrogen and oxygen atoms in total. The number of hydrogen-bond acceptors (Lipinski definition) is 3. The fourth-order valence-corrected chi connectivity index (χ4v) is 4.33. The summed E-state index contributed by atoms with van der Waals surface area (Å²) in [5.41, 5.74) is 0.456. The van der Waals surface area contributed by atoms with Crippen LogP contribution in [0.1, 0.15) is 46.3 Å². The van der Waals surface area contributed by atoms with E-state index in [1.807, 2.05) is 0 Å². The van der Waals surface area contributed by atoms with Crippen molar-refractivity contribution in [2.75, 3.05) is 13.1 Å². The Bertz CT molecular complexity index is 1340. The molecule has 0 spiro atoms. The second kappa shape index (κ2) is 7.32. The molecule has 1 atom stereocenters. The number of halogens is 4. The van der Waals surface area contributed by atoms with E-state index in [9.17, 15) is 22.4 Å². The summed E-state index contributed by atoms with van der Waals surface area (Å²) < 4.78 is 55.7. The number of hydrogen-bond donors (Lipinski definition) is 1. The third kappa shape index (κ3) is 3.49. The normalized spacial score (nSPS) is 17.4. The lowest BCUT2D eigenvalue weighted by Gasteiger charge is -2.32. The van der Waals surface area contributed by atoms with Gasteiger partial charge in [0.1, 0.15) is 17.2 Å². The molecule has 1 aliphatic heterocycles. The molecule has 3 aromatic heterocycles. The lowest BCUT2D eigenvalue weighted by atomic mass is 9.93. The number of likely N-dealkylation sites (tertiary alicyclic amines) is 1. The van der Waals surface area contributed by atoms with Gasteiger partial charge in [0.15, 0.2) is 5.65 Å². The van der Waals surface area contributed by atoms with E-state index in [2.05, 4.69) is 15.1 Å². The van der Waals surface area contributed by atoms with Crippen LogP contribution in [-0.4, -0.2) is 43.5 Å². The largest absolute Gasteiger partial charge is 0.433 e. The van der Waals surface area contributed by atoms with Crippen molar-refractivity contribution in [2.45, 2.75) is 31.9 Å². The number of aromatic nitrogens is 4. The highest BCUT2D eigenvalue weighted by Crippen LogP contribution is 2.34. The van der Waals surface area contributed by atoms with Crippen molar-refractivity contribution in [3.63, 3.8) is 0 Å². The number of carbonyl (C=O) groups is 1. The summed E-state index contributed by atoms with van der Waals surface area (Å²) in [6.07, 6.45) is -3.36. The number of nitrogens with one attached hydrogen (secondary N) is 1. The molecule has 32 heavy (non-hydrogen) atoms. The predicted octanol–water partition coefficient (Wildman–Crippen LogP) is 4.70. The second-order valence-electron chi connectivity index (χ2n) is 8.10. The average molecular weight is 445 g/mol. The number of carbonyl (C=O) groups excluding carboxylic acids is 1. The van der Waals surface area contributed by atoms with Crippen molar-refractivity contribution in [2.24, 2.45) is 0 Å². The Hall–Kier alpha value is -3.43. The first-order valence-electron chi connectivity index (χ1n) is 10.2. The van der Waals surface area contributed by atoms with Gasteiger partial charge in [0.25, 0.3) is 5.91 Å². The van der Waals surface area contributed by atoms with Crippen LogP contribution in [0.4, 0.5) is 17.6 Å². The molecule has 4 heterocycles. The van der Waals surface area contributed by atoms with Crippen LogP contribution in [0.5, 0.6) is 0 Å². The van der Waals surface area contributed by atoms with Crippen LogP contribution in [-0.2, 0) is 6.18 Å². The molecule has 1 aliphatic rings. The predicted molar refractivity (Wildman–Crippen MR) is 109 cm³/mol. The Morgan fingerprint density at radius 2 is 2.03 bits per heavy atom. The first-order valence-corrected chi connectivity index (χ1v) is 10.2. The summed E-state index contributed by atoms with van der Waals surface area (Å²) in [5, 5.41) is 4.49. The number of aryl methyl sites for hydroxylation is 1. The first kappa shape index (κ1) is 20.5. The van der Waals surface area contributed by atoms with Gasteiger partial charge in [0, 0.05) is 36.2 Å². The summed E-state index contributed by atoms with van der Waals surface area (Å²) in [6, 6.07) is 8.69. The molecule has 1 saturated heterocycles. The molecule has 1 aromatic carbocycles. The molecular formula is C22H19F4N5O. The fraction of sp³-hybridized carbons (Fsp3) is 0.318. The van der Waals surface area contributed by atoms with Crippen molar-refractivity contribution in [3.05, 3.63) is 65.0 Å². The minimum atomic E-state index is -4.59. The van der Waals surface area contributed by atoms with E-state index in [0.29, 0.717) is 30.5 Å². The van der Waals surface area contributed by atoms with E-state index < -0.39 is 17.7 Å². The molecule has 5 rings (SSSR count). The molecule has 1 fully saturated rings. The number of aromatic amines is 1. The van der Waals surface area contributed by atoms with Crippen molar-refractivity contribution < 1.29 is 22.4 Å². The van der Waals surface area contributed by atoms with Gasteiger partial charge in [-0.3, -0.25) is 4.79 Å². The molecule has 4 aromatic rings. The summed E-state index contributed by atoms with van der Waals surface area (Å²) in [5.74, 6) is -1.12. The van der Waals surface area contributed by atoms with Crippen molar-refractivity contribution in [1.29, 1.82) is 0 Å². The van der Waals surface area contributed by atoms with Gasteiger partial charge in [-0.1, -0.05) is 12.1 Å². The minimum Gasteiger partial charge on any atom is -0.348 e. The van der Waals surface area contributed by atoms with Crippen LogP contribution >= 0.6 is 0 Å². The minimum absolute atomic E-state index is 0.127. The number of alkyl halides is 3. The Kier molecular flexibility index (Phi) is 4.68. The quantitative estimate of drug-likeness (QED) is 0.455. The number of benzene rings is 1. The van der Waals surface area contributed by atoms with Crippen molar-refractivity contribution in [1.82, 2.24) is 24.5 Å². The SMILES string of the molecule is Cc1cc2nc(C3CCCN(C(=O)c4cc5cccc(F)c5[nH]4)C3)cc(C(F)(F)F)n2n1. The maximum Gasteiger partial charge on any atom is 0.433 e. The standard InChI is InChI=1S/C22H19F4N5O/c1-12-8-19-27-16(10-18(22(24,25)26)31(19)29-12)14-5-3-7-30(11-14)21(32)17-9-13-4-2-6-15(23)20(13)28-17/h2,4,6,8-10,14,28H,3,5,7,11H2,1H3. The van der Waals surface area contributed by atoms with Crippen LogP contribution in [0.15, 0.2) is 36.4 Å². The number of rotatable bonds is 2. The second-order valence-corrected chi connectivity index (χ2v) is 8.10. The monoisotopic (exact) mass is 445 g/mol. The number of para-hydroxylation sites is 1. The van der Waals surface area contributed by atoms with Gasteiger partial charge in [-0.05, 0) is 38.0 Å². The number of nitrogens with zero attached hydrogens (tertiary/aromatic N) is 4. The zero-order valence-corrected chi connectivity index (χ0v) is 17.1. The molecule has 1 N–H and O–H groups in total. The van der Waals surface area contributed by atoms with E-state index in [1.54, 1.807) is 30.0 Å². The first-order chi connectivity index (χ1) is 15.2. The van der Waals surface area contributed by atoms with Gasteiger partial charge in [-0.25, -0.2) is 13.9 Å². The molecule has 1 amide bonds. The molecule has 0 aliphatic carbocycles. The number of amides is 1. The third-order valence-corrected chi connectivity index (χ3v) is 5.82. The maximum atomic E-state index is 14.0. The van der Waals surface area contributed by atoms with Crippen LogP contribution < -0.4 is 0 Å². The van der Waals surface area contributed by atoms with Crippen LogP contribution in [0.25, 0.3) is 16.6 Å². The van der Waals surface area contributed by atoms with E-state index in [4.69, 9.17) is 0 Å². The Morgan fingerprint density at radius 1 is 1.22 bits per heavy atom. The zero-order chi connectivity index (χ0) is 22.6. The molecule has 1 unspecified atom stereocenters. The Balaban J connectivity index is 1.46. The van der Waals surface area contributed by atoms with Gasteiger partial charge in [-0.2, -0.15) is 18.3 Å². The van der Waals surface area contributed by atoms with E-state index >= 15 is 0 Å². The van der Waals surface area contributed by atoms with Crippen molar-refractivity contribution in [3.8, 4) is 0 Å². The van der Waals surface area contributed by atoms with Crippen molar-refractivity contribution >= 4 is 22.5 Å². The lowest BCUT2D eigenvalue weighted by Crippen LogP contribution is -2.39. The van der Waals surface area contributed by atoms with Gasteiger partial charge in [0.05, 0.1) is 11.2 Å². The zero-order valence-electron chi connectivity index (χ0n) is 17.1. The summed E-state index contributed by atoms with van der Waals surface area (Å²) in [7, 11) is 0. The van der Waals surface area contributed by atoms with Gasteiger partial charge >= 0.3 is 6.18 Å². The van der Waals surface area contributed by atoms with Crippen LogP contribution in [0.2, 0.25) is 0 Å². The summed E-state index contributed by atoms with van der Waals surface area (Å²) in [4.78, 5) is 21.9. The lowest BCUT2D eigenvalue weighted by molar-refractivity contribution is -0.142. The molecule has 0 saturated carbocycles. The Labute approximate surface area is 179 Å². The molecule has 166 valence electrons. The molecule has 0 bridgehead atoms. The molecule has 10 heteroatoms. The highest BCUT2D eigenvalue weighted by molar-refractivity contribution is 5.98. The highest BCUT2D eigenvalue weighted by atomic mass is 19.4. The van der Waals surface area contributed by atoms with Crippen LogP contribution in [0, 0.1) is 12.7 Å². The summed E-state index contributed by atoms with van der Waals surface area (Å²) in [6.45, 7) is 2.30. The number of fused-ring (bicyclic) bond motifs is 2. The van der Waals surface area contributed by atoms with E-state index in [1.165, 1.54) is 12.1 Å². The van der Waals surface area contributed by atoms with Gasteiger partial charge < -0.3 is 9.88 Å². The Morgan fingerprint density at radius 3 is 2.78 bits per heavy atom. The third-order valence-electron chi connectivity index (χ3n) is 5.82. The number of H-pyrrole nitrogens is 1. The summed E-state index contributed by atoms with van der Waals surface area (Å²) >= 11 is 0. The fourth-order valence-electron chi connectivity index (χ4n) is 4.33. The van der Waals surface area contributed by atoms with Gasteiger partial charge in [0.2, 0.25) is 0 Å². The van der Waals surface area contributed by atoms with Gasteiger partial charge in [-0.15, -0.1) is 0 Å². The van der Waals surface area contributed by atoms with E-state index in [-0.39, 0.29) is 40.9 Å². The molecular weight excluding hydrogens is 426 g/mol. The maximum absolute atomic E-state index is 14.0.